The Kier molecular flexibility index (Phi) is 9.06. The second kappa shape index (κ2) is 11.3. The Hall–Kier alpha value is -1.79. The summed E-state index contributed by atoms with van der Waals surface area (Å²) in [4.78, 5) is 9.09. The number of aliphatic imine (C=N–C) groups is 1. The van der Waals surface area contributed by atoms with Crippen LogP contribution in [0.3, 0.4) is 0 Å². The quantitative estimate of drug-likeness (QED) is 0.502. The zero-order valence-electron chi connectivity index (χ0n) is 18.4. The van der Waals surface area contributed by atoms with Gasteiger partial charge < -0.3 is 20.3 Å². The molecule has 0 amide bonds. The number of piperidine rings is 1. The van der Waals surface area contributed by atoms with Crippen LogP contribution >= 0.6 is 0 Å². The minimum atomic E-state index is 0.123. The minimum absolute atomic E-state index is 0.123. The summed E-state index contributed by atoms with van der Waals surface area (Å²) in [6.45, 7) is 10.2. The molecule has 1 heterocycles. The highest BCUT2D eigenvalue weighted by atomic mass is 16.5. The monoisotopic (exact) mass is 389 g/mol. The lowest BCUT2D eigenvalue weighted by molar-refractivity contribution is 0.0982. The molecule has 0 radical (unpaired) electrons. The molecule has 1 aromatic rings. The minimum Gasteiger partial charge on any atom is -0.492 e. The van der Waals surface area contributed by atoms with Crippen LogP contribution < -0.4 is 15.4 Å². The first-order valence-corrected chi connectivity index (χ1v) is 10.5. The average Bonchev–Trinajstić information content (AvgIpc) is 2.69. The maximum atomic E-state index is 5.83. The lowest BCUT2D eigenvalue weighted by Crippen LogP contribution is -2.54. The number of guanidine groups is 1. The molecule has 0 atom stereocenters. The fourth-order valence-electron chi connectivity index (χ4n) is 3.41. The van der Waals surface area contributed by atoms with E-state index in [4.69, 9.17) is 4.74 Å². The predicted molar refractivity (Wildman–Crippen MR) is 118 cm³/mol. The van der Waals surface area contributed by atoms with Crippen molar-refractivity contribution in [2.24, 2.45) is 4.99 Å². The SMILES string of the molecule is CN=C(NCc1cccc(OCCN(C)C)c1)NCC(C)(C)N1CCCCC1. The van der Waals surface area contributed by atoms with Crippen molar-refractivity contribution in [3.05, 3.63) is 29.8 Å². The Bertz CT molecular complexity index is 609. The van der Waals surface area contributed by atoms with Crippen molar-refractivity contribution in [1.29, 1.82) is 0 Å². The molecule has 158 valence electrons. The van der Waals surface area contributed by atoms with Crippen molar-refractivity contribution in [3.63, 3.8) is 0 Å². The smallest absolute Gasteiger partial charge is 0.191 e. The molecule has 1 aliphatic rings. The van der Waals surface area contributed by atoms with Gasteiger partial charge >= 0.3 is 0 Å². The summed E-state index contributed by atoms with van der Waals surface area (Å²) in [6.07, 6.45) is 3.98. The number of hydrogen-bond acceptors (Lipinski definition) is 4. The molecule has 6 nitrogen and oxygen atoms in total. The van der Waals surface area contributed by atoms with Crippen LogP contribution in [0.4, 0.5) is 0 Å². The molecular formula is C22H39N5O. The highest BCUT2D eigenvalue weighted by Crippen LogP contribution is 2.19. The third kappa shape index (κ3) is 7.68. The van der Waals surface area contributed by atoms with E-state index in [1.807, 2.05) is 19.2 Å². The number of likely N-dealkylation sites (tertiary alicyclic amines) is 1. The molecule has 0 unspecified atom stereocenters. The average molecular weight is 390 g/mol. The van der Waals surface area contributed by atoms with Crippen LogP contribution in [0.15, 0.2) is 29.3 Å². The van der Waals surface area contributed by atoms with Gasteiger partial charge in [0.05, 0.1) is 0 Å². The Morgan fingerprint density at radius 2 is 1.93 bits per heavy atom. The molecule has 6 heteroatoms. The largest absolute Gasteiger partial charge is 0.492 e. The Morgan fingerprint density at radius 1 is 1.18 bits per heavy atom. The van der Waals surface area contributed by atoms with Gasteiger partial charge in [-0.3, -0.25) is 9.89 Å². The summed E-state index contributed by atoms with van der Waals surface area (Å²) >= 11 is 0. The van der Waals surface area contributed by atoms with E-state index >= 15 is 0 Å². The van der Waals surface area contributed by atoms with Crippen molar-refractivity contribution < 1.29 is 4.74 Å². The summed E-state index contributed by atoms with van der Waals surface area (Å²) < 4.78 is 5.83. The van der Waals surface area contributed by atoms with Gasteiger partial charge in [0.15, 0.2) is 5.96 Å². The van der Waals surface area contributed by atoms with Crippen molar-refractivity contribution in [1.82, 2.24) is 20.4 Å². The number of nitrogens with zero attached hydrogens (tertiary/aromatic N) is 3. The third-order valence-corrected chi connectivity index (χ3v) is 5.29. The number of benzene rings is 1. The van der Waals surface area contributed by atoms with Crippen molar-refractivity contribution in [2.45, 2.75) is 45.2 Å². The molecule has 1 fully saturated rings. The summed E-state index contributed by atoms with van der Waals surface area (Å²) in [6, 6.07) is 8.25. The normalized spacial score (nSPS) is 16.3. The standard InChI is InChI=1S/C22H39N5O/c1-22(2,27-12-7-6-8-13-27)18-25-21(23-3)24-17-19-10-9-11-20(16-19)28-15-14-26(4)5/h9-11,16H,6-8,12-15,17-18H2,1-5H3,(H2,23,24,25). The van der Waals surface area contributed by atoms with Gasteiger partial charge in [-0.1, -0.05) is 18.6 Å². The Balaban J connectivity index is 1.80. The molecular weight excluding hydrogens is 350 g/mol. The Labute approximate surface area is 171 Å². The van der Waals surface area contributed by atoms with E-state index in [9.17, 15) is 0 Å². The van der Waals surface area contributed by atoms with Gasteiger partial charge in [0.25, 0.3) is 0 Å². The topological polar surface area (TPSA) is 52.1 Å². The second-order valence-electron chi connectivity index (χ2n) is 8.44. The summed E-state index contributed by atoms with van der Waals surface area (Å²) in [5, 5.41) is 6.92. The first-order chi connectivity index (χ1) is 13.4. The van der Waals surface area contributed by atoms with Crippen molar-refractivity contribution in [3.8, 4) is 5.75 Å². The van der Waals surface area contributed by atoms with E-state index in [-0.39, 0.29) is 5.54 Å². The van der Waals surface area contributed by atoms with Crippen LogP contribution in [-0.2, 0) is 6.54 Å². The molecule has 2 N–H and O–H groups in total. The van der Waals surface area contributed by atoms with E-state index in [1.165, 1.54) is 37.9 Å². The fourth-order valence-corrected chi connectivity index (χ4v) is 3.41. The van der Waals surface area contributed by atoms with Crippen LogP contribution in [0.5, 0.6) is 5.75 Å². The van der Waals surface area contributed by atoms with Gasteiger partial charge in [0, 0.05) is 32.2 Å². The first kappa shape index (κ1) is 22.5. The van der Waals surface area contributed by atoms with Crippen LogP contribution in [0, 0.1) is 0 Å². The molecule has 0 bridgehead atoms. The van der Waals surface area contributed by atoms with Crippen LogP contribution in [-0.4, -0.2) is 75.2 Å². The van der Waals surface area contributed by atoms with E-state index in [1.54, 1.807) is 0 Å². The zero-order valence-corrected chi connectivity index (χ0v) is 18.4. The number of ether oxygens (including phenoxy) is 1. The number of rotatable bonds is 9. The lowest BCUT2D eigenvalue weighted by Gasteiger charge is -2.41. The number of hydrogen-bond donors (Lipinski definition) is 2. The van der Waals surface area contributed by atoms with Crippen LogP contribution in [0.1, 0.15) is 38.7 Å². The lowest BCUT2D eigenvalue weighted by atomic mass is 9.98. The number of likely N-dealkylation sites (N-methyl/N-ethyl adjacent to an activating group) is 1. The highest BCUT2D eigenvalue weighted by molar-refractivity contribution is 5.79. The van der Waals surface area contributed by atoms with Gasteiger partial charge in [0.2, 0.25) is 0 Å². The maximum Gasteiger partial charge on any atom is 0.191 e. The second-order valence-corrected chi connectivity index (χ2v) is 8.44. The molecule has 28 heavy (non-hydrogen) atoms. The molecule has 0 saturated carbocycles. The van der Waals surface area contributed by atoms with Gasteiger partial charge in [-0.15, -0.1) is 0 Å². The predicted octanol–water partition coefficient (Wildman–Crippen LogP) is 2.56. The summed E-state index contributed by atoms with van der Waals surface area (Å²) in [7, 11) is 5.92. The van der Waals surface area contributed by atoms with Crippen molar-refractivity contribution >= 4 is 5.96 Å². The van der Waals surface area contributed by atoms with Gasteiger partial charge in [-0.2, -0.15) is 0 Å². The maximum absolute atomic E-state index is 5.83. The molecule has 0 aliphatic carbocycles. The first-order valence-electron chi connectivity index (χ1n) is 10.5. The molecule has 0 spiro atoms. The van der Waals surface area contributed by atoms with Crippen LogP contribution in [0.2, 0.25) is 0 Å². The van der Waals surface area contributed by atoms with E-state index in [0.717, 1.165) is 24.8 Å². The molecule has 1 aromatic carbocycles. The van der Waals surface area contributed by atoms with E-state index in [0.29, 0.717) is 13.2 Å². The fraction of sp³-hybridized carbons (Fsp3) is 0.682. The summed E-state index contributed by atoms with van der Waals surface area (Å²) in [5.41, 5.74) is 1.30. The van der Waals surface area contributed by atoms with Gasteiger partial charge in [-0.05, 0) is 71.6 Å². The van der Waals surface area contributed by atoms with E-state index in [2.05, 4.69) is 65.5 Å². The zero-order chi connectivity index (χ0) is 20.4. The number of nitrogens with one attached hydrogen (secondary N) is 2. The van der Waals surface area contributed by atoms with E-state index < -0.39 is 0 Å². The van der Waals surface area contributed by atoms with Gasteiger partial charge in [-0.25, -0.2) is 0 Å². The Morgan fingerprint density at radius 3 is 2.61 bits per heavy atom. The molecule has 1 aliphatic heterocycles. The molecule has 2 rings (SSSR count). The van der Waals surface area contributed by atoms with Gasteiger partial charge in [0.1, 0.15) is 12.4 Å². The summed E-state index contributed by atoms with van der Waals surface area (Å²) in [5.74, 6) is 1.75. The highest BCUT2D eigenvalue weighted by Gasteiger charge is 2.27. The van der Waals surface area contributed by atoms with Crippen LogP contribution in [0.25, 0.3) is 0 Å². The third-order valence-electron chi connectivity index (χ3n) is 5.29. The molecule has 0 aromatic heterocycles. The molecule has 1 saturated heterocycles. The van der Waals surface area contributed by atoms with Crippen molar-refractivity contribution in [2.75, 3.05) is 53.9 Å².